The molecule has 5 heteroatoms. The fourth-order valence-corrected chi connectivity index (χ4v) is 3.61. The van der Waals surface area contributed by atoms with Crippen molar-refractivity contribution >= 4 is 23.4 Å². The highest BCUT2D eigenvalue weighted by Crippen LogP contribution is 2.23. The Morgan fingerprint density at radius 1 is 1.38 bits per heavy atom. The molecule has 2 aromatic rings. The van der Waals surface area contributed by atoms with E-state index in [1.807, 2.05) is 48.6 Å². The highest BCUT2D eigenvalue weighted by molar-refractivity contribution is 7.99. The van der Waals surface area contributed by atoms with Crippen molar-refractivity contribution in [3.63, 3.8) is 0 Å². The van der Waals surface area contributed by atoms with Gasteiger partial charge in [0.15, 0.2) is 0 Å². The molecule has 3 nitrogen and oxygen atoms in total. The molecule has 21 heavy (non-hydrogen) atoms. The van der Waals surface area contributed by atoms with E-state index in [-0.39, 0.29) is 0 Å². The van der Waals surface area contributed by atoms with Crippen molar-refractivity contribution in [3.8, 4) is 0 Å². The zero-order valence-electron chi connectivity index (χ0n) is 12.8. The number of rotatable bonds is 7. The molecule has 0 saturated heterocycles. The van der Waals surface area contributed by atoms with Crippen LogP contribution in [0.4, 0.5) is 0 Å². The van der Waals surface area contributed by atoms with Gasteiger partial charge in [-0.25, -0.2) is 0 Å². The Balaban J connectivity index is 1.97. The highest BCUT2D eigenvalue weighted by atomic mass is 35.5. The first-order chi connectivity index (χ1) is 10.1. The molecule has 0 bridgehead atoms. The number of aromatic nitrogens is 2. The first kappa shape index (κ1) is 16.4. The fourth-order valence-electron chi connectivity index (χ4n) is 2.34. The highest BCUT2D eigenvalue weighted by Gasteiger charge is 2.12. The molecule has 114 valence electrons. The van der Waals surface area contributed by atoms with Gasteiger partial charge in [0.1, 0.15) is 0 Å². The number of benzene rings is 1. The zero-order chi connectivity index (χ0) is 15.2. The van der Waals surface area contributed by atoms with Crippen LogP contribution in [0.3, 0.4) is 0 Å². The average Bonchev–Trinajstić information content (AvgIpc) is 2.74. The van der Waals surface area contributed by atoms with Crippen LogP contribution in [-0.2, 0) is 13.5 Å². The second-order valence-corrected chi connectivity index (χ2v) is 6.66. The molecule has 0 radical (unpaired) electrons. The normalized spacial score (nSPS) is 12.6. The van der Waals surface area contributed by atoms with Crippen molar-refractivity contribution in [1.82, 2.24) is 15.1 Å². The minimum atomic E-state index is 0.425. The van der Waals surface area contributed by atoms with Crippen molar-refractivity contribution in [3.05, 3.63) is 46.7 Å². The predicted octanol–water partition coefficient (Wildman–Crippen LogP) is 3.69. The Kier molecular flexibility index (Phi) is 6.15. The third-order valence-corrected chi connectivity index (χ3v) is 4.69. The lowest BCUT2D eigenvalue weighted by molar-refractivity contribution is 0.549. The molecule has 2 rings (SSSR count). The summed E-state index contributed by atoms with van der Waals surface area (Å²) < 4.78 is 1.98. The van der Waals surface area contributed by atoms with Crippen LogP contribution in [0.15, 0.2) is 35.2 Å². The number of hydrogen-bond donors (Lipinski definition) is 1. The molecule has 1 atom stereocenters. The molecule has 0 amide bonds. The summed E-state index contributed by atoms with van der Waals surface area (Å²) in [5, 5.41) is 8.77. The summed E-state index contributed by atoms with van der Waals surface area (Å²) in [6.07, 6.45) is 0.985. The van der Waals surface area contributed by atoms with Gasteiger partial charge in [0.2, 0.25) is 0 Å². The molecule has 0 aliphatic heterocycles. The molecule has 0 aliphatic rings. The zero-order valence-corrected chi connectivity index (χ0v) is 14.3. The van der Waals surface area contributed by atoms with E-state index < -0.39 is 0 Å². The number of aryl methyl sites for hydroxylation is 2. The summed E-state index contributed by atoms with van der Waals surface area (Å²) in [6, 6.07) is 10.6. The summed E-state index contributed by atoms with van der Waals surface area (Å²) in [5.41, 5.74) is 2.34. The van der Waals surface area contributed by atoms with Gasteiger partial charge in [-0.15, -0.1) is 11.8 Å². The van der Waals surface area contributed by atoms with Gasteiger partial charge in [-0.3, -0.25) is 4.68 Å². The topological polar surface area (TPSA) is 29.9 Å². The smallest absolute Gasteiger partial charge is 0.0596 e. The van der Waals surface area contributed by atoms with Crippen LogP contribution in [0.1, 0.15) is 18.3 Å². The minimum Gasteiger partial charge on any atom is -0.313 e. The Labute approximate surface area is 136 Å². The summed E-state index contributed by atoms with van der Waals surface area (Å²) in [6.45, 7) is 5.15. The van der Waals surface area contributed by atoms with Crippen molar-refractivity contribution in [2.75, 3.05) is 12.3 Å². The summed E-state index contributed by atoms with van der Waals surface area (Å²) in [5.74, 6) is 1.01. The van der Waals surface area contributed by atoms with Gasteiger partial charge < -0.3 is 5.32 Å². The number of hydrogen-bond acceptors (Lipinski definition) is 3. The average molecular weight is 324 g/mol. The van der Waals surface area contributed by atoms with Gasteiger partial charge in [0, 0.05) is 40.9 Å². The van der Waals surface area contributed by atoms with Gasteiger partial charge >= 0.3 is 0 Å². The quantitative estimate of drug-likeness (QED) is 0.788. The number of thioether (sulfide) groups is 1. The van der Waals surface area contributed by atoms with Crippen LogP contribution in [-0.4, -0.2) is 28.1 Å². The molecule has 0 spiro atoms. The van der Waals surface area contributed by atoms with Crippen molar-refractivity contribution in [1.29, 1.82) is 0 Å². The first-order valence-electron chi connectivity index (χ1n) is 7.19. The molecule has 0 fully saturated rings. The van der Waals surface area contributed by atoms with Crippen LogP contribution >= 0.6 is 23.4 Å². The van der Waals surface area contributed by atoms with E-state index >= 15 is 0 Å². The van der Waals surface area contributed by atoms with Crippen LogP contribution in [0.25, 0.3) is 0 Å². The molecule has 1 N–H and O–H groups in total. The summed E-state index contributed by atoms with van der Waals surface area (Å²) >= 11 is 7.87. The SMILES string of the molecule is CCNC(CSc1cccc(Cl)c1)Cc1cc(C)nn1C. The lowest BCUT2D eigenvalue weighted by Crippen LogP contribution is -2.33. The molecule has 1 aromatic heterocycles. The van der Waals surface area contributed by atoms with Gasteiger partial charge in [0.05, 0.1) is 5.69 Å². The Bertz CT molecular complexity index is 583. The van der Waals surface area contributed by atoms with E-state index in [2.05, 4.69) is 29.5 Å². The third kappa shape index (κ3) is 5.06. The van der Waals surface area contributed by atoms with E-state index in [9.17, 15) is 0 Å². The monoisotopic (exact) mass is 323 g/mol. The van der Waals surface area contributed by atoms with Gasteiger partial charge in [-0.1, -0.05) is 24.6 Å². The second kappa shape index (κ2) is 7.87. The molecular weight excluding hydrogens is 302 g/mol. The maximum atomic E-state index is 6.03. The summed E-state index contributed by atoms with van der Waals surface area (Å²) in [4.78, 5) is 1.21. The molecule has 1 heterocycles. The number of halogens is 1. The van der Waals surface area contributed by atoms with E-state index in [4.69, 9.17) is 11.6 Å². The van der Waals surface area contributed by atoms with Gasteiger partial charge in [0.25, 0.3) is 0 Å². The molecule has 1 unspecified atom stereocenters. The lowest BCUT2D eigenvalue weighted by Gasteiger charge is -2.17. The summed E-state index contributed by atoms with van der Waals surface area (Å²) in [7, 11) is 2.01. The second-order valence-electron chi connectivity index (χ2n) is 5.13. The van der Waals surface area contributed by atoms with E-state index in [1.54, 1.807) is 0 Å². The standard InChI is InChI=1S/C16H22ClN3S/c1-4-18-14(10-15-8-12(2)19-20(15)3)11-21-16-7-5-6-13(17)9-16/h5-9,14,18H,4,10-11H2,1-3H3. The molecule has 0 saturated carbocycles. The molecule has 0 aliphatic carbocycles. The van der Waals surface area contributed by atoms with Crippen molar-refractivity contribution in [2.45, 2.75) is 31.2 Å². The lowest BCUT2D eigenvalue weighted by atomic mass is 10.1. The first-order valence-corrected chi connectivity index (χ1v) is 8.56. The van der Waals surface area contributed by atoms with E-state index in [1.165, 1.54) is 10.6 Å². The maximum absolute atomic E-state index is 6.03. The largest absolute Gasteiger partial charge is 0.313 e. The Hall–Kier alpha value is -0.970. The Morgan fingerprint density at radius 2 is 2.19 bits per heavy atom. The van der Waals surface area contributed by atoms with Crippen LogP contribution in [0.5, 0.6) is 0 Å². The number of nitrogens with zero attached hydrogens (tertiary/aromatic N) is 2. The molecular formula is C16H22ClN3S. The van der Waals surface area contributed by atoms with Crippen LogP contribution in [0.2, 0.25) is 5.02 Å². The van der Waals surface area contributed by atoms with Crippen LogP contribution < -0.4 is 5.32 Å². The maximum Gasteiger partial charge on any atom is 0.0596 e. The van der Waals surface area contributed by atoms with Gasteiger partial charge in [-0.2, -0.15) is 5.10 Å². The van der Waals surface area contributed by atoms with Crippen molar-refractivity contribution in [2.24, 2.45) is 7.05 Å². The fraction of sp³-hybridized carbons (Fsp3) is 0.438. The van der Waals surface area contributed by atoms with E-state index in [0.29, 0.717) is 6.04 Å². The van der Waals surface area contributed by atoms with Gasteiger partial charge in [-0.05, 0) is 37.7 Å². The van der Waals surface area contributed by atoms with E-state index in [0.717, 1.165) is 29.4 Å². The Morgan fingerprint density at radius 3 is 2.81 bits per heavy atom. The molecule has 1 aromatic carbocycles. The third-order valence-electron chi connectivity index (χ3n) is 3.29. The predicted molar refractivity (Wildman–Crippen MR) is 91.3 cm³/mol. The minimum absolute atomic E-state index is 0.425. The van der Waals surface area contributed by atoms with Crippen molar-refractivity contribution < 1.29 is 0 Å². The number of likely N-dealkylation sites (N-methyl/N-ethyl adjacent to an activating group) is 1. The van der Waals surface area contributed by atoms with Crippen LogP contribution in [0, 0.1) is 6.92 Å². The number of nitrogens with one attached hydrogen (secondary N) is 1.